The number of esters is 1. The number of likely N-dealkylation sites (N-methyl/N-ethyl adjacent to an activating group) is 1. The minimum absolute atomic E-state index is 0.189. The van der Waals surface area contributed by atoms with E-state index in [9.17, 15) is 4.79 Å². The second kappa shape index (κ2) is 7.05. The molecule has 4 heteroatoms. The minimum Gasteiger partial charge on any atom is -0.469 e. The van der Waals surface area contributed by atoms with Crippen molar-refractivity contribution >= 4 is 5.97 Å². The van der Waals surface area contributed by atoms with Crippen LogP contribution < -0.4 is 5.32 Å². The maximum Gasteiger partial charge on any atom is 0.309 e. The normalized spacial score (nSPS) is 16.6. The molecule has 1 aromatic rings. The summed E-state index contributed by atoms with van der Waals surface area (Å²) in [5.74, 6) is -0.189. The zero-order valence-corrected chi connectivity index (χ0v) is 13.3. The Bertz CT molecular complexity index is 481. The molecule has 0 saturated heterocycles. The highest BCUT2D eigenvalue weighted by molar-refractivity contribution is 5.72. The Labute approximate surface area is 127 Å². The number of carbonyl (C=O) groups is 1. The molecule has 0 atom stereocenters. The molecule has 0 amide bonds. The van der Waals surface area contributed by atoms with Gasteiger partial charge in [0.2, 0.25) is 0 Å². The lowest BCUT2D eigenvalue weighted by Gasteiger charge is -2.47. The molecule has 0 aromatic heterocycles. The fourth-order valence-corrected chi connectivity index (χ4v) is 2.93. The number of benzene rings is 1. The van der Waals surface area contributed by atoms with Gasteiger partial charge in [0.15, 0.2) is 0 Å². The lowest BCUT2D eigenvalue weighted by molar-refractivity contribution is -0.139. The van der Waals surface area contributed by atoms with Gasteiger partial charge in [0, 0.05) is 18.6 Å². The van der Waals surface area contributed by atoms with Crippen LogP contribution in [-0.2, 0) is 22.5 Å². The summed E-state index contributed by atoms with van der Waals surface area (Å²) in [6.45, 7) is 1.79. The maximum absolute atomic E-state index is 11.5. The first-order valence-corrected chi connectivity index (χ1v) is 7.59. The third kappa shape index (κ3) is 3.83. The Morgan fingerprint density at radius 3 is 2.48 bits per heavy atom. The molecule has 0 unspecified atom stereocenters. The average Bonchev–Trinajstić information content (AvgIpc) is 2.42. The number of nitrogens with one attached hydrogen (secondary N) is 1. The van der Waals surface area contributed by atoms with E-state index in [1.807, 2.05) is 18.2 Å². The Morgan fingerprint density at radius 1 is 1.29 bits per heavy atom. The van der Waals surface area contributed by atoms with Gasteiger partial charge in [-0.05, 0) is 44.5 Å². The number of hydrogen-bond donors (Lipinski definition) is 1. The van der Waals surface area contributed by atoms with E-state index < -0.39 is 0 Å². The molecule has 116 valence electrons. The van der Waals surface area contributed by atoms with E-state index >= 15 is 0 Å². The van der Waals surface area contributed by atoms with Crippen LogP contribution in [0.25, 0.3) is 0 Å². The van der Waals surface area contributed by atoms with Gasteiger partial charge in [-0.15, -0.1) is 0 Å². The van der Waals surface area contributed by atoms with Gasteiger partial charge in [0.05, 0.1) is 13.5 Å². The molecule has 1 fully saturated rings. The summed E-state index contributed by atoms with van der Waals surface area (Å²) in [6.07, 6.45) is 4.18. The van der Waals surface area contributed by atoms with Gasteiger partial charge in [-0.25, -0.2) is 0 Å². The first-order chi connectivity index (χ1) is 10.1. The van der Waals surface area contributed by atoms with Gasteiger partial charge in [-0.1, -0.05) is 24.3 Å². The highest BCUT2D eigenvalue weighted by atomic mass is 16.5. The van der Waals surface area contributed by atoms with E-state index in [1.165, 1.54) is 31.9 Å². The number of hydrogen-bond acceptors (Lipinski definition) is 4. The average molecular weight is 290 g/mol. The maximum atomic E-state index is 11.5. The van der Waals surface area contributed by atoms with Crippen molar-refractivity contribution in [2.24, 2.45) is 0 Å². The Kier molecular flexibility index (Phi) is 5.37. The molecule has 0 spiro atoms. The van der Waals surface area contributed by atoms with Crippen molar-refractivity contribution in [1.29, 1.82) is 0 Å². The Hall–Kier alpha value is -1.39. The van der Waals surface area contributed by atoms with Crippen LogP contribution in [0.1, 0.15) is 30.4 Å². The molecular formula is C17H26N2O2. The summed E-state index contributed by atoms with van der Waals surface area (Å²) in [4.78, 5) is 13.8. The zero-order chi connectivity index (χ0) is 15.3. The molecule has 0 bridgehead atoms. The van der Waals surface area contributed by atoms with Crippen LogP contribution >= 0.6 is 0 Å². The number of nitrogens with zero attached hydrogens (tertiary/aromatic N) is 1. The van der Waals surface area contributed by atoms with Crippen LogP contribution in [0.4, 0.5) is 0 Å². The van der Waals surface area contributed by atoms with E-state index in [1.54, 1.807) is 0 Å². The van der Waals surface area contributed by atoms with Crippen LogP contribution in [0.5, 0.6) is 0 Å². The van der Waals surface area contributed by atoms with Gasteiger partial charge >= 0.3 is 5.97 Å². The molecule has 1 N–H and O–H groups in total. The molecule has 0 heterocycles. The molecule has 2 rings (SSSR count). The van der Waals surface area contributed by atoms with E-state index in [4.69, 9.17) is 4.74 Å². The van der Waals surface area contributed by atoms with Crippen LogP contribution in [0.3, 0.4) is 0 Å². The van der Waals surface area contributed by atoms with Gasteiger partial charge in [-0.3, -0.25) is 4.79 Å². The van der Waals surface area contributed by atoms with Crippen LogP contribution in [0, 0.1) is 0 Å². The van der Waals surface area contributed by atoms with Crippen molar-refractivity contribution in [2.45, 2.75) is 37.8 Å². The Balaban J connectivity index is 1.92. The van der Waals surface area contributed by atoms with Gasteiger partial charge in [0.25, 0.3) is 0 Å². The highest BCUT2D eigenvalue weighted by Crippen LogP contribution is 2.35. The SMILES string of the molecule is COC(=O)Cc1ccccc1CNCC1(N(C)C)CCC1. The van der Waals surface area contributed by atoms with E-state index in [0.29, 0.717) is 12.0 Å². The van der Waals surface area contributed by atoms with Crippen molar-refractivity contribution in [3.05, 3.63) is 35.4 Å². The predicted octanol–water partition coefficient (Wildman–Crippen LogP) is 1.98. The Morgan fingerprint density at radius 2 is 1.95 bits per heavy atom. The predicted molar refractivity (Wildman–Crippen MR) is 84.1 cm³/mol. The zero-order valence-electron chi connectivity index (χ0n) is 13.3. The monoisotopic (exact) mass is 290 g/mol. The van der Waals surface area contributed by atoms with Crippen LogP contribution in [0.15, 0.2) is 24.3 Å². The second-order valence-electron chi connectivity index (χ2n) is 6.10. The van der Waals surface area contributed by atoms with Crippen molar-refractivity contribution in [2.75, 3.05) is 27.7 Å². The quantitative estimate of drug-likeness (QED) is 0.780. The molecule has 1 aliphatic carbocycles. The summed E-state index contributed by atoms with van der Waals surface area (Å²) >= 11 is 0. The van der Waals surface area contributed by atoms with E-state index in [0.717, 1.165) is 18.7 Å². The van der Waals surface area contributed by atoms with Gasteiger partial charge < -0.3 is 15.0 Å². The topological polar surface area (TPSA) is 41.6 Å². The molecular weight excluding hydrogens is 264 g/mol. The molecule has 1 aromatic carbocycles. The lowest BCUT2D eigenvalue weighted by Crippen LogP contribution is -2.56. The van der Waals surface area contributed by atoms with E-state index in [-0.39, 0.29) is 5.97 Å². The fraction of sp³-hybridized carbons (Fsp3) is 0.588. The third-order valence-electron chi connectivity index (χ3n) is 4.68. The first-order valence-electron chi connectivity index (χ1n) is 7.59. The molecule has 0 aliphatic heterocycles. The van der Waals surface area contributed by atoms with Crippen molar-refractivity contribution in [1.82, 2.24) is 10.2 Å². The smallest absolute Gasteiger partial charge is 0.309 e. The van der Waals surface area contributed by atoms with Crippen molar-refractivity contribution in [3.8, 4) is 0 Å². The molecule has 1 aliphatic rings. The van der Waals surface area contributed by atoms with Gasteiger partial charge in [-0.2, -0.15) is 0 Å². The van der Waals surface area contributed by atoms with Crippen molar-refractivity contribution < 1.29 is 9.53 Å². The molecule has 21 heavy (non-hydrogen) atoms. The molecule has 4 nitrogen and oxygen atoms in total. The second-order valence-corrected chi connectivity index (χ2v) is 6.10. The molecule has 0 radical (unpaired) electrons. The number of ether oxygens (including phenoxy) is 1. The number of methoxy groups -OCH3 is 1. The third-order valence-corrected chi connectivity index (χ3v) is 4.68. The summed E-state index contributed by atoms with van der Waals surface area (Å²) in [5.41, 5.74) is 2.54. The van der Waals surface area contributed by atoms with Crippen LogP contribution in [-0.4, -0.2) is 44.2 Å². The largest absolute Gasteiger partial charge is 0.469 e. The number of carbonyl (C=O) groups excluding carboxylic acids is 1. The standard InChI is InChI=1S/C17H26N2O2/c1-19(2)17(9-6-10-17)13-18-12-15-8-5-4-7-14(15)11-16(20)21-3/h4-5,7-8,18H,6,9-13H2,1-3H3. The lowest BCUT2D eigenvalue weighted by atomic mass is 9.75. The first kappa shape index (κ1) is 16.0. The summed E-state index contributed by atoms with van der Waals surface area (Å²) in [7, 11) is 5.75. The van der Waals surface area contributed by atoms with E-state index in [2.05, 4.69) is 30.4 Å². The molecule has 1 saturated carbocycles. The van der Waals surface area contributed by atoms with Crippen molar-refractivity contribution in [3.63, 3.8) is 0 Å². The highest BCUT2D eigenvalue weighted by Gasteiger charge is 2.38. The minimum atomic E-state index is -0.189. The van der Waals surface area contributed by atoms with Gasteiger partial charge in [0.1, 0.15) is 0 Å². The summed E-state index contributed by atoms with van der Waals surface area (Å²) in [5, 5.41) is 3.56. The summed E-state index contributed by atoms with van der Waals surface area (Å²) in [6, 6.07) is 8.06. The van der Waals surface area contributed by atoms with Crippen LogP contribution in [0.2, 0.25) is 0 Å². The fourth-order valence-electron chi connectivity index (χ4n) is 2.93. The number of rotatable bonds is 7. The summed E-state index contributed by atoms with van der Waals surface area (Å²) < 4.78 is 4.76.